The van der Waals surface area contributed by atoms with Gasteiger partial charge in [0.25, 0.3) is 27.3 Å². The largest absolute Gasteiger partial charge is 0.481 e. The predicted octanol–water partition coefficient (Wildman–Crippen LogP) is 9.73. The Bertz CT molecular complexity index is 4940. The minimum absolute atomic E-state index is 0.0424. The minimum atomic E-state index is -4.98. The van der Waals surface area contributed by atoms with E-state index >= 15 is 0 Å². The smallest absolute Gasteiger partial charge is 0.418 e. The molecule has 2 N–H and O–H groups in total. The summed E-state index contributed by atoms with van der Waals surface area (Å²) in [5.41, 5.74) is -5.94. The maximum Gasteiger partial charge on any atom is 0.418 e. The molecule has 1 aliphatic rings. The molecule has 558 valence electrons. The average Bonchev–Trinajstić information content (AvgIpc) is 1.70. The van der Waals surface area contributed by atoms with Crippen LogP contribution in [0.25, 0.3) is 11.5 Å². The molecule has 9 rings (SSSR count). The van der Waals surface area contributed by atoms with E-state index in [2.05, 4.69) is 35.3 Å². The van der Waals surface area contributed by atoms with Gasteiger partial charge in [-0.05, 0) is 102 Å². The fourth-order valence-corrected chi connectivity index (χ4v) is 12.4. The highest BCUT2D eigenvalue weighted by atomic mass is 35.5. The molecule has 0 spiro atoms. The zero-order valence-electron chi connectivity index (χ0n) is 55.2. The second kappa shape index (κ2) is 33.3. The van der Waals surface area contributed by atoms with Gasteiger partial charge in [-0.3, -0.25) is 24.2 Å². The number of hydrogen-bond acceptors (Lipinski definition) is 23. The zero-order chi connectivity index (χ0) is 77.3. The van der Waals surface area contributed by atoms with Gasteiger partial charge in [0.1, 0.15) is 28.2 Å². The lowest BCUT2D eigenvalue weighted by Crippen LogP contribution is -2.48. The Morgan fingerprint density at radius 2 is 1.45 bits per heavy atom. The molecular weight excluding hydrogens is 1520 g/mol. The average molecular weight is 1580 g/mol. The van der Waals surface area contributed by atoms with Crippen LogP contribution in [-0.2, 0) is 74.3 Å². The number of anilines is 2. The number of aryl methyl sites for hydroxylation is 3. The Kier molecular flexibility index (Phi) is 26.6. The molecule has 1 aliphatic heterocycles. The second-order valence-corrected chi connectivity index (χ2v) is 26.5. The number of nitrogens with one attached hydrogen (secondary N) is 2. The molecule has 44 heteroatoms. The molecule has 5 aromatic heterocycles. The first-order valence-corrected chi connectivity index (χ1v) is 34.0. The van der Waals surface area contributed by atoms with Crippen molar-refractivity contribution in [3.8, 4) is 23.3 Å². The number of hydrazone groups is 1. The van der Waals surface area contributed by atoms with E-state index < -0.39 is 129 Å². The molecule has 0 amide bonds. The van der Waals surface area contributed by atoms with Crippen molar-refractivity contribution in [1.29, 1.82) is 0 Å². The van der Waals surface area contributed by atoms with Crippen LogP contribution in [0.2, 0.25) is 15.1 Å². The first kappa shape index (κ1) is 82.4. The number of pyridine rings is 1. The lowest BCUT2D eigenvalue weighted by molar-refractivity contribution is -0.148. The van der Waals surface area contributed by atoms with E-state index in [9.17, 15) is 85.1 Å². The molecule has 0 bridgehead atoms. The lowest BCUT2D eigenvalue weighted by atomic mass is 9.95. The molecule has 8 aromatic rings. The molecule has 0 fully saturated rings. The van der Waals surface area contributed by atoms with E-state index in [-0.39, 0.29) is 93.8 Å². The topological polar surface area (TPSA) is 353 Å². The van der Waals surface area contributed by atoms with Crippen molar-refractivity contribution >= 4 is 113 Å². The van der Waals surface area contributed by atoms with Crippen LogP contribution in [0.3, 0.4) is 0 Å². The van der Waals surface area contributed by atoms with Crippen LogP contribution in [0.5, 0.6) is 17.6 Å². The van der Waals surface area contributed by atoms with Gasteiger partial charge in [0.05, 0.1) is 73.9 Å². The summed E-state index contributed by atoms with van der Waals surface area (Å²) in [6.07, 6.45) is -8.32. The van der Waals surface area contributed by atoms with Crippen molar-refractivity contribution in [2.45, 2.75) is 94.0 Å². The van der Waals surface area contributed by atoms with E-state index in [0.29, 0.717) is 44.9 Å². The Morgan fingerprint density at radius 3 is 1.98 bits per heavy atom. The Morgan fingerprint density at radius 1 is 0.796 bits per heavy atom. The van der Waals surface area contributed by atoms with Crippen LogP contribution >= 0.6 is 46.4 Å². The summed E-state index contributed by atoms with van der Waals surface area (Å²) in [6, 6.07) is 10.5. The summed E-state index contributed by atoms with van der Waals surface area (Å²) < 4.78 is 202. The summed E-state index contributed by atoms with van der Waals surface area (Å²) in [5.74, 6) is -5.16. The number of nitrogens with zero attached hydrogens (tertiary/aromatic N) is 11. The third-order valence-corrected chi connectivity index (χ3v) is 17.7. The monoisotopic (exact) mass is 1580 g/mol. The number of sulfonamides is 1. The zero-order valence-corrected chi connectivity index (χ0v) is 59.9. The quantitative estimate of drug-likeness (QED) is 0.0235. The molecule has 29 nitrogen and oxygen atoms in total. The van der Waals surface area contributed by atoms with Gasteiger partial charge in [0, 0.05) is 53.6 Å². The number of fused-ring (bicyclic) bond motifs is 1. The first-order chi connectivity index (χ1) is 47.9. The summed E-state index contributed by atoms with van der Waals surface area (Å²) >= 11 is 24.1. The van der Waals surface area contributed by atoms with E-state index in [1.165, 1.54) is 46.2 Å². The Labute approximate surface area is 597 Å². The van der Waals surface area contributed by atoms with Crippen molar-refractivity contribution in [1.82, 2.24) is 48.7 Å². The third-order valence-electron chi connectivity index (χ3n) is 14.0. The summed E-state index contributed by atoms with van der Waals surface area (Å²) in [7, 11) is -3.97. The van der Waals surface area contributed by atoms with Gasteiger partial charge in [-0.25, -0.2) is 54.9 Å². The number of ether oxygens (including phenoxy) is 6. The lowest BCUT2D eigenvalue weighted by Gasteiger charge is -2.32. The van der Waals surface area contributed by atoms with Crippen LogP contribution in [0, 0.1) is 19.7 Å². The normalized spacial score (nSPS) is 14.1. The molecule has 103 heavy (non-hydrogen) atoms. The summed E-state index contributed by atoms with van der Waals surface area (Å²) in [5, 5.41) is 15.4. The van der Waals surface area contributed by atoms with E-state index in [1.807, 2.05) is 4.72 Å². The number of esters is 3. The highest BCUT2D eigenvalue weighted by molar-refractivity contribution is 7.93. The van der Waals surface area contributed by atoms with Crippen LogP contribution in [0.1, 0.15) is 84.8 Å². The summed E-state index contributed by atoms with van der Waals surface area (Å²) in [4.78, 5) is 82.1. The van der Waals surface area contributed by atoms with E-state index in [4.69, 9.17) is 74.8 Å². The van der Waals surface area contributed by atoms with Crippen molar-refractivity contribution in [2.75, 3.05) is 57.1 Å². The fraction of sp³-hybridized carbons (Fsp3) is 0.356. The van der Waals surface area contributed by atoms with Crippen molar-refractivity contribution in [3.05, 3.63) is 148 Å². The van der Waals surface area contributed by atoms with Gasteiger partial charge in [-0.1, -0.05) is 34.8 Å². The van der Waals surface area contributed by atoms with E-state index in [0.717, 1.165) is 40.7 Å². The second-order valence-electron chi connectivity index (χ2n) is 21.1. The summed E-state index contributed by atoms with van der Waals surface area (Å²) in [6.45, 7) is 6.72. The van der Waals surface area contributed by atoms with Gasteiger partial charge >= 0.3 is 42.5 Å². The molecule has 0 saturated carbocycles. The van der Waals surface area contributed by atoms with Crippen LogP contribution in [-0.4, -0.2) is 153 Å². The number of methoxy groups -OCH3 is 3. The Hall–Kier alpha value is -9.51. The van der Waals surface area contributed by atoms with Gasteiger partial charge in [-0.15, -0.1) is 21.8 Å². The number of sulfone groups is 1. The van der Waals surface area contributed by atoms with Crippen LogP contribution in [0.15, 0.2) is 91.3 Å². The highest BCUT2D eigenvalue weighted by Crippen LogP contribution is 2.41. The number of ketones is 1. The van der Waals surface area contributed by atoms with Crippen molar-refractivity contribution < 1.29 is 104 Å². The Balaban J connectivity index is 0.000000216. The van der Waals surface area contributed by atoms with Crippen LogP contribution < -0.4 is 35.2 Å². The number of H-pyrrole nitrogens is 1. The third kappa shape index (κ3) is 19.0. The molecule has 0 saturated heterocycles. The van der Waals surface area contributed by atoms with Crippen LogP contribution in [0.4, 0.5) is 51.1 Å². The standard InChI is InChI=1S/C16H18Cl2N2O4.C15H14Cl2F3N3O3.C14H13F3N6O5S.C14H13F3N2O4S/c1-4-23-14(21)12-9-16(3,15(22)24-5-2)20(19-12)13-7-6-10(17)8-11(13)18;1-3-26-13(24)10(17)4-8-5-12(11(18)6-9(8)16)23-15(25)22(14(19)20)7(2)21-23;1-26-8-6-9(27-2)23-13(19-8)20-12(21-23)22-29(24,25)10-7(14(15,16)17)4-5-18-11(10)28-3;1-7-11(13(21)19(2)18-7)12(20)9-5-4-8(14(15,16)17)6-10(9)24(3,22)23/h6-8H,4-5,9H2,1-3H3;5-6,10,14H,3-4H2,1-2H3;4-6H,1-3H3,(H,21,22);4-6,18H,1-3H3. The number of aromatic amines is 1. The number of alkyl halides is 9. The molecule has 2 unspecified atom stereocenters. The van der Waals surface area contributed by atoms with Gasteiger partial charge in [-0.2, -0.15) is 59.4 Å². The fourth-order valence-electron chi connectivity index (χ4n) is 9.30. The SMILES string of the molecule is CCOC(=O)C(Cl)Cc1cc(-n2nc(C)n(C(F)F)c2=O)c(F)cc1Cl.CCOC(=O)C1=NN(c2ccc(Cl)cc2Cl)C(C)(C(=O)OCC)C1.COc1cc(OC)n2nc(NS(=O)(=O)c3c(C(F)(F)F)ccnc3OC)nc2n1.Cc1[nH]n(C)c(=O)c1C(=O)c1ccc(C(F)(F)F)cc1S(C)(=O)=O. The number of rotatable bonds is 20. The molecular formula is C59H58Cl4F9N13O16S2. The highest BCUT2D eigenvalue weighted by Gasteiger charge is 2.50. The van der Waals surface area contributed by atoms with E-state index in [1.54, 1.807) is 45.9 Å². The molecule has 0 aliphatic carbocycles. The maximum absolute atomic E-state index is 14.2. The first-order valence-electron chi connectivity index (χ1n) is 29.1. The van der Waals surface area contributed by atoms with Gasteiger partial charge in [0.15, 0.2) is 26.1 Å². The number of carbonyl (C=O) groups excluding carboxylic acids is 4. The minimum Gasteiger partial charge on any atom is -0.481 e. The number of aromatic nitrogens is 10. The molecule has 0 radical (unpaired) electrons. The number of hydrogen-bond donors (Lipinski definition) is 2. The predicted molar refractivity (Wildman–Crippen MR) is 351 cm³/mol. The van der Waals surface area contributed by atoms with Crippen molar-refractivity contribution in [3.63, 3.8) is 0 Å². The van der Waals surface area contributed by atoms with Crippen molar-refractivity contribution in [2.24, 2.45) is 12.1 Å². The maximum atomic E-state index is 14.2. The van der Waals surface area contributed by atoms with Gasteiger partial charge < -0.3 is 28.4 Å². The molecule has 2 atom stereocenters. The van der Waals surface area contributed by atoms with Gasteiger partial charge in [0.2, 0.25) is 23.4 Å². The molecule has 3 aromatic carbocycles. The number of benzene rings is 3. The number of carbonyl (C=O) groups is 4. The number of halogens is 13. The molecule has 6 heterocycles.